The highest BCUT2D eigenvalue weighted by atomic mass is 16.6. The number of fused-ring (bicyclic) bond motifs is 2. The van der Waals surface area contributed by atoms with Crippen LogP contribution in [0, 0.1) is 5.92 Å². The van der Waals surface area contributed by atoms with E-state index in [9.17, 15) is 4.79 Å². The molecule has 3 atom stereocenters. The van der Waals surface area contributed by atoms with Gasteiger partial charge in [0, 0.05) is 6.04 Å². The quantitative estimate of drug-likeness (QED) is 0.484. The molecular formula is C7H11NO2. The summed E-state index contributed by atoms with van der Waals surface area (Å²) in [5, 5.41) is 0. The van der Waals surface area contributed by atoms with Gasteiger partial charge in [0.15, 0.2) is 0 Å². The third-order valence-corrected chi connectivity index (χ3v) is 2.44. The molecule has 0 aromatic rings. The fourth-order valence-corrected chi connectivity index (χ4v) is 1.79. The number of hydrogen-bond acceptors (Lipinski definition) is 3. The van der Waals surface area contributed by atoms with Gasteiger partial charge in [-0.3, -0.25) is 4.79 Å². The van der Waals surface area contributed by atoms with E-state index in [2.05, 4.69) is 0 Å². The van der Waals surface area contributed by atoms with E-state index in [4.69, 9.17) is 10.5 Å². The van der Waals surface area contributed by atoms with E-state index in [1.165, 1.54) is 0 Å². The molecule has 3 heteroatoms. The van der Waals surface area contributed by atoms with E-state index in [0.717, 1.165) is 19.3 Å². The van der Waals surface area contributed by atoms with Crippen molar-refractivity contribution >= 4 is 5.97 Å². The Morgan fingerprint density at radius 3 is 3.00 bits per heavy atom. The van der Waals surface area contributed by atoms with Gasteiger partial charge in [-0.05, 0) is 19.3 Å². The molecule has 2 rings (SSSR count). The zero-order valence-electron chi connectivity index (χ0n) is 5.75. The lowest BCUT2D eigenvalue weighted by Crippen LogP contribution is -2.35. The molecule has 1 saturated carbocycles. The van der Waals surface area contributed by atoms with Crippen LogP contribution in [-0.2, 0) is 9.53 Å². The van der Waals surface area contributed by atoms with Crippen molar-refractivity contribution < 1.29 is 9.53 Å². The first kappa shape index (κ1) is 6.16. The van der Waals surface area contributed by atoms with E-state index in [1.54, 1.807) is 0 Å². The Labute approximate surface area is 59.5 Å². The van der Waals surface area contributed by atoms with Crippen LogP contribution in [0.4, 0.5) is 0 Å². The van der Waals surface area contributed by atoms with E-state index in [-0.39, 0.29) is 24.0 Å². The fourth-order valence-electron chi connectivity index (χ4n) is 1.79. The minimum Gasteiger partial charge on any atom is -0.462 e. The Kier molecular flexibility index (Phi) is 1.20. The van der Waals surface area contributed by atoms with Crippen LogP contribution in [-0.4, -0.2) is 18.1 Å². The highest BCUT2D eigenvalue weighted by molar-refractivity contribution is 5.75. The Hall–Kier alpha value is -0.570. The van der Waals surface area contributed by atoms with Crippen LogP contribution in [0.2, 0.25) is 0 Å². The van der Waals surface area contributed by atoms with E-state index >= 15 is 0 Å². The van der Waals surface area contributed by atoms with E-state index < -0.39 is 0 Å². The maximum atomic E-state index is 11.0. The summed E-state index contributed by atoms with van der Waals surface area (Å²) in [4.78, 5) is 11.0. The molecule has 0 aromatic carbocycles. The maximum Gasteiger partial charge on any atom is 0.310 e. The summed E-state index contributed by atoms with van der Waals surface area (Å²) < 4.78 is 5.04. The molecule has 2 N–H and O–H groups in total. The largest absolute Gasteiger partial charge is 0.462 e. The van der Waals surface area contributed by atoms with Gasteiger partial charge in [0.05, 0.1) is 5.92 Å². The number of hydrogen-bond donors (Lipinski definition) is 1. The summed E-state index contributed by atoms with van der Waals surface area (Å²) in [5.74, 6) is -0.0613. The molecule has 1 aliphatic heterocycles. The second kappa shape index (κ2) is 1.95. The molecule has 3 unspecified atom stereocenters. The van der Waals surface area contributed by atoms with Crippen molar-refractivity contribution in [1.29, 1.82) is 0 Å². The second-order valence-electron chi connectivity index (χ2n) is 3.14. The van der Waals surface area contributed by atoms with Crippen LogP contribution in [0.25, 0.3) is 0 Å². The van der Waals surface area contributed by atoms with Gasteiger partial charge in [-0.25, -0.2) is 0 Å². The molecule has 1 aliphatic carbocycles. The van der Waals surface area contributed by atoms with Crippen molar-refractivity contribution in [2.24, 2.45) is 11.7 Å². The predicted molar refractivity (Wildman–Crippen MR) is 35.2 cm³/mol. The lowest BCUT2D eigenvalue weighted by molar-refractivity contribution is -0.143. The second-order valence-corrected chi connectivity index (χ2v) is 3.14. The predicted octanol–water partition coefficient (Wildman–Crippen LogP) is 0.0392. The molecule has 0 radical (unpaired) electrons. The Morgan fingerprint density at radius 1 is 1.50 bits per heavy atom. The number of esters is 1. The monoisotopic (exact) mass is 141 g/mol. The average Bonchev–Trinajstić information content (AvgIpc) is 2.21. The molecule has 0 amide bonds. The van der Waals surface area contributed by atoms with Gasteiger partial charge >= 0.3 is 5.97 Å². The van der Waals surface area contributed by atoms with Crippen molar-refractivity contribution in [1.82, 2.24) is 0 Å². The number of nitrogens with two attached hydrogens (primary N) is 1. The topological polar surface area (TPSA) is 52.3 Å². The molecule has 56 valence electrons. The normalized spacial score (nSPS) is 45.3. The summed E-state index contributed by atoms with van der Waals surface area (Å²) in [6, 6.07) is 0.0613. The third-order valence-electron chi connectivity index (χ3n) is 2.44. The zero-order chi connectivity index (χ0) is 7.14. The smallest absolute Gasteiger partial charge is 0.310 e. The van der Waals surface area contributed by atoms with Crippen LogP contribution in [0.1, 0.15) is 19.3 Å². The van der Waals surface area contributed by atoms with Gasteiger partial charge in [-0.15, -0.1) is 0 Å². The number of carbonyl (C=O) groups excluding carboxylic acids is 1. The van der Waals surface area contributed by atoms with Gasteiger partial charge in [-0.1, -0.05) is 0 Å². The molecule has 2 bridgehead atoms. The molecule has 2 fully saturated rings. The molecule has 2 aliphatic rings. The SMILES string of the molecule is NC1CCC2CC1C(=O)O2. The van der Waals surface area contributed by atoms with Crippen molar-refractivity contribution in [3.05, 3.63) is 0 Å². The Balaban J connectivity index is 2.17. The average molecular weight is 141 g/mol. The van der Waals surface area contributed by atoms with Crippen molar-refractivity contribution in [3.63, 3.8) is 0 Å². The van der Waals surface area contributed by atoms with Crippen LogP contribution in [0.5, 0.6) is 0 Å². The van der Waals surface area contributed by atoms with Gasteiger partial charge in [-0.2, -0.15) is 0 Å². The third kappa shape index (κ3) is 0.736. The van der Waals surface area contributed by atoms with Gasteiger partial charge in [0.25, 0.3) is 0 Å². The van der Waals surface area contributed by atoms with E-state index in [1.807, 2.05) is 0 Å². The maximum absolute atomic E-state index is 11.0. The summed E-state index contributed by atoms with van der Waals surface area (Å²) in [6.45, 7) is 0. The highest BCUT2D eigenvalue weighted by Crippen LogP contribution is 2.33. The molecule has 0 aromatic heterocycles. The standard InChI is InChI=1S/C7H11NO2/c8-6-2-1-4-3-5(6)7(9)10-4/h4-6H,1-3,8H2. The van der Waals surface area contributed by atoms with E-state index in [0.29, 0.717) is 0 Å². The molecule has 1 saturated heterocycles. The number of rotatable bonds is 0. The molecular weight excluding hydrogens is 130 g/mol. The first-order chi connectivity index (χ1) is 4.77. The van der Waals surface area contributed by atoms with Crippen LogP contribution >= 0.6 is 0 Å². The van der Waals surface area contributed by atoms with Crippen molar-refractivity contribution in [2.75, 3.05) is 0 Å². The highest BCUT2D eigenvalue weighted by Gasteiger charge is 2.42. The van der Waals surface area contributed by atoms with Gasteiger partial charge in [0.2, 0.25) is 0 Å². The molecule has 0 spiro atoms. The van der Waals surface area contributed by atoms with Crippen molar-refractivity contribution in [2.45, 2.75) is 31.4 Å². The lowest BCUT2D eigenvalue weighted by atomic mass is 9.86. The first-order valence-electron chi connectivity index (χ1n) is 3.73. The Morgan fingerprint density at radius 2 is 2.30 bits per heavy atom. The lowest BCUT2D eigenvalue weighted by Gasteiger charge is -2.20. The van der Waals surface area contributed by atoms with Gasteiger partial charge < -0.3 is 10.5 Å². The fraction of sp³-hybridized carbons (Fsp3) is 0.857. The molecule has 3 nitrogen and oxygen atoms in total. The van der Waals surface area contributed by atoms with Crippen LogP contribution < -0.4 is 5.73 Å². The summed E-state index contributed by atoms with van der Waals surface area (Å²) >= 11 is 0. The molecule has 1 heterocycles. The summed E-state index contributed by atoms with van der Waals surface area (Å²) in [5.41, 5.74) is 5.71. The van der Waals surface area contributed by atoms with Gasteiger partial charge in [0.1, 0.15) is 6.10 Å². The summed E-state index contributed by atoms with van der Waals surface area (Å²) in [7, 11) is 0. The van der Waals surface area contributed by atoms with Crippen LogP contribution in [0.3, 0.4) is 0 Å². The minimum absolute atomic E-state index is 0.0127. The number of ether oxygens (including phenoxy) is 1. The first-order valence-corrected chi connectivity index (χ1v) is 3.73. The Bertz CT molecular complexity index is 169. The molecule has 10 heavy (non-hydrogen) atoms. The summed E-state index contributed by atoms with van der Waals surface area (Å²) in [6.07, 6.45) is 2.96. The van der Waals surface area contributed by atoms with Crippen molar-refractivity contribution in [3.8, 4) is 0 Å². The number of carbonyl (C=O) groups is 1. The zero-order valence-corrected chi connectivity index (χ0v) is 5.75. The van der Waals surface area contributed by atoms with Crippen LogP contribution in [0.15, 0.2) is 0 Å². The minimum atomic E-state index is -0.0741.